The Bertz CT molecular complexity index is 416. The molecule has 0 radical (unpaired) electrons. The minimum absolute atomic E-state index is 0.492. The average molecular weight is 335 g/mol. The van der Waals surface area contributed by atoms with Gasteiger partial charge in [-0.3, -0.25) is 4.79 Å². The number of methoxy groups -OCH3 is 1. The van der Waals surface area contributed by atoms with Crippen LogP contribution in [0.2, 0.25) is 0 Å². The Morgan fingerprint density at radius 1 is 1.47 bits per heavy atom. The van der Waals surface area contributed by atoms with E-state index in [0.29, 0.717) is 5.75 Å². The van der Waals surface area contributed by atoms with Gasteiger partial charge in [0.05, 0.1) is 11.6 Å². The Labute approximate surface area is 105 Å². The summed E-state index contributed by atoms with van der Waals surface area (Å²) < 4.78 is 6.89. The Balaban J connectivity index is 3.20. The molecule has 80 valence electrons. The number of halogens is 2. The molecule has 3 nitrogen and oxygen atoms in total. The minimum atomic E-state index is -0.492. The van der Waals surface area contributed by atoms with Crippen molar-refractivity contribution in [2.75, 3.05) is 7.11 Å². The van der Waals surface area contributed by atoms with Gasteiger partial charge in [-0.05, 0) is 34.1 Å². The van der Waals surface area contributed by atoms with Gasteiger partial charge in [0.1, 0.15) is 5.75 Å². The molecule has 0 unspecified atom stereocenters. The number of primary amides is 1. The molecule has 0 aliphatic carbocycles. The molecule has 1 aromatic rings. The van der Waals surface area contributed by atoms with Crippen LogP contribution in [0.1, 0.15) is 5.56 Å². The molecule has 0 bridgehead atoms. The predicted molar refractivity (Wildman–Crippen MR) is 66.6 cm³/mol. The molecule has 5 heteroatoms. The zero-order valence-electron chi connectivity index (χ0n) is 7.96. The van der Waals surface area contributed by atoms with E-state index in [2.05, 4.69) is 31.9 Å². The third kappa shape index (κ3) is 3.35. The molecule has 0 saturated heterocycles. The number of rotatable bonds is 3. The number of carbonyl (C=O) groups excluding carboxylic acids is 1. The molecule has 0 aromatic heterocycles. The third-order valence-electron chi connectivity index (χ3n) is 1.67. The quantitative estimate of drug-likeness (QED) is 0.864. The lowest BCUT2D eigenvalue weighted by Crippen LogP contribution is -2.05. The number of ether oxygens (including phenoxy) is 1. The van der Waals surface area contributed by atoms with E-state index in [0.717, 1.165) is 14.5 Å². The van der Waals surface area contributed by atoms with Crippen LogP contribution < -0.4 is 10.5 Å². The van der Waals surface area contributed by atoms with Gasteiger partial charge < -0.3 is 10.5 Å². The van der Waals surface area contributed by atoms with Crippen LogP contribution >= 0.6 is 31.9 Å². The summed E-state index contributed by atoms with van der Waals surface area (Å²) >= 11 is 6.71. The lowest BCUT2D eigenvalue weighted by Gasteiger charge is -2.07. The molecule has 1 amide bonds. The van der Waals surface area contributed by atoms with Crippen LogP contribution in [0.3, 0.4) is 0 Å². The zero-order valence-corrected chi connectivity index (χ0v) is 11.1. The van der Waals surface area contributed by atoms with Gasteiger partial charge in [-0.15, -0.1) is 0 Å². The third-order valence-corrected chi connectivity index (χ3v) is 2.72. The molecule has 1 rings (SSSR count). The molecular formula is C10H9Br2NO2. The van der Waals surface area contributed by atoms with Crippen molar-refractivity contribution in [1.29, 1.82) is 0 Å². The first kappa shape index (κ1) is 12.3. The topological polar surface area (TPSA) is 52.3 Å². The summed E-state index contributed by atoms with van der Waals surface area (Å²) in [5, 5.41) is 0. The number of hydrogen-bond donors (Lipinski definition) is 1. The molecule has 0 heterocycles. The fourth-order valence-electron chi connectivity index (χ4n) is 1.09. The van der Waals surface area contributed by atoms with E-state index in [1.165, 1.54) is 6.08 Å². The van der Waals surface area contributed by atoms with E-state index in [1.807, 2.05) is 12.1 Å². The van der Waals surface area contributed by atoms with E-state index >= 15 is 0 Å². The number of amides is 1. The molecule has 0 fully saturated rings. The number of carbonyl (C=O) groups is 1. The lowest BCUT2D eigenvalue weighted by atomic mass is 10.2. The number of nitrogens with two attached hydrogens (primary N) is 1. The average Bonchev–Trinajstić information content (AvgIpc) is 2.13. The van der Waals surface area contributed by atoms with Crippen molar-refractivity contribution in [2.45, 2.75) is 0 Å². The fourth-order valence-corrected chi connectivity index (χ4v) is 2.51. The van der Waals surface area contributed by atoms with E-state index in [9.17, 15) is 4.79 Å². The molecule has 0 spiro atoms. The van der Waals surface area contributed by atoms with Gasteiger partial charge in [-0.1, -0.05) is 15.9 Å². The summed E-state index contributed by atoms with van der Waals surface area (Å²) in [7, 11) is 1.57. The maximum atomic E-state index is 10.6. The van der Waals surface area contributed by atoms with Gasteiger partial charge in [0, 0.05) is 16.1 Å². The second-order valence-corrected chi connectivity index (χ2v) is 4.52. The molecule has 0 aliphatic heterocycles. The van der Waals surface area contributed by atoms with Gasteiger partial charge in [-0.25, -0.2) is 0 Å². The SMILES string of the molecule is COc1c(Br)cc(Br)cc1/C=C/C(N)=O. The van der Waals surface area contributed by atoms with Crippen LogP contribution in [-0.4, -0.2) is 13.0 Å². The van der Waals surface area contributed by atoms with E-state index in [1.54, 1.807) is 13.2 Å². The Hall–Kier alpha value is -0.810. The predicted octanol–water partition coefficient (Wildman–Crippen LogP) is 2.72. The molecular weight excluding hydrogens is 326 g/mol. The van der Waals surface area contributed by atoms with Crippen molar-refractivity contribution in [1.82, 2.24) is 0 Å². The van der Waals surface area contributed by atoms with Gasteiger partial charge in [0.25, 0.3) is 0 Å². The minimum Gasteiger partial charge on any atom is -0.495 e. The van der Waals surface area contributed by atoms with Gasteiger partial charge in [0.2, 0.25) is 5.91 Å². The van der Waals surface area contributed by atoms with Crippen LogP contribution in [0.15, 0.2) is 27.2 Å². The highest BCUT2D eigenvalue weighted by molar-refractivity contribution is 9.11. The first-order chi connectivity index (χ1) is 7.04. The fraction of sp³-hybridized carbons (Fsp3) is 0.100. The maximum Gasteiger partial charge on any atom is 0.241 e. The van der Waals surface area contributed by atoms with Crippen molar-refractivity contribution >= 4 is 43.8 Å². The van der Waals surface area contributed by atoms with Gasteiger partial charge in [0.15, 0.2) is 0 Å². The normalized spacial score (nSPS) is 10.6. The second kappa shape index (κ2) is 5.32. The summed E-state index contributed by atoms with van der Waals surface area (Å²) in [4.78, 5) is 10.6. The van der Waals surface area contributed by atoms with Gasteiger partial charge in [-0.2, -0.15) is 0 Å². The van der Waals surface area contributed by atoms with Crippen molar-refractivity contribution in [3.8, 4) is 5.75 Å². The molecule has 0 atom stereocenters. The van der Waals surface area contributed by atoms with E-state index in [-0.39, 0.29) is 0 Å². The van der Waals surface area contributed by atoms with Crippen LogP contribution in [-0.2, 0) is 4.79 Å². The number of benzene rings is 1. The smallest absolute Gasteiger partial charge is 0.241 e. The van der Waals surface area contributed by atoms with Crippen molar-refractivity contribution in [3.63, 3.8) is 0 Å². The summed E-state index contributed by atoms with van der Waals surface area (Å²) in [6.07, 6.45) is 2.90. The maximum absolute atomic E-state index is 10.6. The van der Waals surface area contributed by atoms with E-state index < -0.39 is 5.91 Å². The summed E-state index contributed by atoms with van der Waals surface area (Å²) in [5.41, 5.74) is 5.79. The Kier molecular flexibility index (Phi) is 4.35. The lowest BCUT2D eigenvalue weighted by molar-refractivity contribution is -0.113. The molecule has 1 aromatic carbocycles. The largest absolute Gasteiger partial charge is 0.495 e. The number of hydrogen-bond acceptors (Lipinski definition) is 2. The molecule has 0 saturated carbocycles. The zero-order chi connectivity index (χ0) is 11.4. The highest BCUT2D eigenvalue weighted by Gasteiger charge is 2.06. The highest BCUT2D eigenvalue weighted by atomic mass is 79.9. The Morgan fingerprint density at radius 2 is 2.13 bits per heavy atom. The monoisotopic (exact) mass is 333 g/mol. The molecule has 15 heavy (non-hydrogen) atoms. The second-order valence-electron chi connectivity index (χ2n) is 2.75. The molecule has 2 N–H and O–H groups in total. The highest BCUT2D eigenvalue weighted by Crippen LogP contribution is 2.33. The Morgan fingerprint density at radius 3 is 2.67 bits per heavy atom. The van der Waals surface area contributed by atoms with Crippen LogP contribution in [0.25, 0.3) is 6.08 Å². The van der Waals surface area contributed by atoms with Crippen molar-refractivity contribution in [2.24, 2.45) is 5.73 Å². The molecule has 0 aliphatic rings. The summed E-state index contributed by atoms with van der Waals surface area (Å²) in [6, 6.07) is 3.70. The first-order valence-corrected chi connectivity index (χ1v) is 5.63. The van der Waals surface area contributed by atoms with Crippen LogP contribution in [0.5, 0.6) is 5.75 Å². The van der Waals surface area contributed by atoms with Crippen LogP contribution in [0, 0.1) is 0 Å². The summed E-state index contributed by atoms with van der Waals surface area (Å²) in [6.45, 7) is 0. The van der Waals surface area contributed by atoms with E-state index in [4.69, 9.17) is 10.5 Å². The van der Waals surface area contributed by atoms with Crippen molar-refractivity contribution in [3.05, 3.63) is 32.7 Å². The summed E-state index contributed by atoms with van der Waals surface area (Å²) in [5.74, 6) is 0.170. The van der Waals surface area contributed by atoms with Crippen LogP contribution in [0.4, 0.5) is 0 Å². The van der Waals surface area contributed by atoms with Crippen molar-refractivity contribution < 1.29 is 9.53 Å². The van der Waals surface area contributed by atoms with Gasteiger partial charge >= 0.3 is 0 Å². The first-order valence-electron chi connectivity index (χ1n) is 4.05. The standard InChI is InChI=1S/C10H9Br2NO2/c1-15-10-6(2-3-9(13)14)4-7(11)5-8(10)12/h2-5H,1H3,(H2,13,14)/b3-2+.